The van der Waals surface area contributed by atoms with Crippen LogP contribution in [0.4, 0.5) is 4.79 Å². The summed E-state index contributed by atoms with van der Waals surface area (Å²) in [6, 6.07) is 2.82. The molecule has 0 atom stereocenters. The Morgan fingerprint density at radius 3 is 2.50 bits per heavy atom. The van der Waals surface area contributed by atoms with Gasteiger partial charge in [0.1, 0.15) is 5.60 Å². The Kier molecular flexibility index (Phi) is 4.25. The maximum absolute atomic E-state index is 12.2. The fourth-order valence-electron chi connectivity index (χ4n) is 2.05. The van der Waals surface area contributed by atoms with Crippen molar-refractivity contribution in [3.63, 3.8) is 0 Å². The molecule has 0 saturated carbocycles. The second-order valence-corrected chi connectivity index (χ2v) is 6.28. The lowest BCUT2D eigenvalue weighted by Gasteiger charge is -2.43. The van der Waals surface area contributed by atoms with Crippen molar-refractivity contribution in [2.24, 2.45) is 0 Å². The summed E-state index contributed by atoms with van der Waals surface area (Å²) in [5.74, 6) is -0.0944. The summed E-state index contributed by atoms with van der Waals surface area (Å²) >= 11 is 0. The molecular weight excluding hydrogens is 288 g/mol. The van der Waals surface area contributed by atoms with Crippen molar-refractivity contribution >= 4 is 18.3 Å². The van der Waals surface area contributed by atoms with E-state index in [4.69, 9.17) is 9.15 Å². The topological polar surface area (TPSA) is 80.1 Å². The predicted molar refractivity (Wildman–Crippen MR) is 77.8 cm³/mol. The molecule has 0 bridgehead atoms. The van der Waals surface area contributed by atoms with Gasteiger partial charge < -0.3 is 19.0 Å². The van der Waals surface area contributed by atoms with Crippen LogP contribution in [0.5, 0.6) is 0 Å². The second-order valence-electron chi connectivity index (χ2n) is 6.28. The molecule has 1 saturated heterocycles. The maximum atomic E-state index is 12.2. The SMILES string of the molecule is CN(C(=O)c1ccc(C=O)o1)C1CN(C(=O)OC(C)(C)C)C1. The van der Waals surface area contributed by atoms with Crippen LogP contribution in [0.2, 0.25) is 0 Å². The number of rotatable bonds is 3. The molecule has 0 aromatic carbocycles. The van der Waals surface area contributed by atoms with E-state index in [2.05, 4.69) is 0 Å². The maximum Gasteiger partial charge on any atom is 0.410 e. The minimum absolute atomic E-state index is 0.0928. The Morgan fingerprint density at radius 1 is 1.36 bits per heavy atom. The number of nitrogens with zero attached hydrogens (tertiary/aromatic N) is 2. The highest BCUT2D eigenvalue weighted by molar-refractivity contribution is 5.92. The zero-order valence-electron chi connectivity index (χ0n) is 13.2. The monoisotopic (exact) mass is 308 g/mol. The van der Waals surface area contributed by atoms with Gasteiger partial charge in [-0.2, -0.15) is 0 Å². The van der Waals surface area contributed by atoms with E-state index in [1.54, 1.807) is 32.7 Å². The van der Waals surface area contributed by atoms with Gasteiger partial charge >= 0.3 is 6.09 Å². The lowest BCUT2D eigenvalue weighted by molar-refractivity contribution is -0.00954. The van der Waals surface area contributed by atoms with Gasteiger partial charge in [0.25, 0.3) is 5.91 Å². The van der Waals surface area contributed by atoms with E-state index in [-0.39, 0.29) is 29.6 Å². The van der Waals surface area contributed by atoms with Crippen LogP contribution in [0.15, 0.2) is 16.5 Å². The van der Waals surface area contributed by atoms with Gasteiger partial charge in [-0.1, -0.05) is 0 Å². The molecular formula is C15H20N2O5. The highest BCUT2D eigenvalue weighted by Gasteiger charge is 2.38. The molecule has 0 N–H and O–H groups in total. The number of ether oxygens (including phenoxy) is 1. The first kappa shape index (κ1) is 16.1. The van der Waals surface area contributed by atoms with Crippen LogP contribution in [0.1, 0.15) is 41.9 Å². The van der Waals surface area contributed by atoms with Gasteiger partial charge in [0, 0.05) is 20.1 Å². The Labute approximate surface area is 128 Å². The Morgan fingerprint density at radius 2 is 2.00 bits per heavy atom. The van der Waals surface area contributed by atoms with E-state index in [1.807, 2.05) is 0 Å². The van der Waals surface area contributed by atoms with Crippen molar-refractivity contribution in [2.45, 2.75) is 32.4 Å². The third-order valence-corrected chi connectivity index (χ3v) is 3.34. The molecule has 1 aliphatic rings. The van der Waals surface area contributed by atoms with Gasteiger partial charge in [0.05, 0.1) is 6.04 Å². The van der Waals surface area contributed by atoms with Crippen molar-refractivity contribution in [2.75, 3.05) is 20.1 Å². The molecule has 2 heterocycles. The standard InChI is InChI=1S/C15H20N2O5/c1-15(2,3)22-14(20)17-7-10(8-17)16(4)13(19)12-6-5-11(9-18)21-12/h5-6,9-10H,7-8H2,1-4H3. The molecule has 22 heavy (non-hydrogen) atoms. The predicted octanol–water partition coefficient (Wildman–Crippen LogP) is 1.78. The Balaban J connectivity index is 1.88. The fraction of sp³-hybridized carbons (Fsp3) is 0.533. The fourth-order valence-corrected chi connectivity index (χ4v) is 2.05. The van der Waals surface area contributed by atoms with E-state index >= 15 is 0 Å². The van der Waals surface area contributed by atoms with Crippen molar-refractivity contribution in [1.29, 1.82) is 0 Å². The molecule has 0 unspecified atom stereocenters. The molecule has 2 rings (SSSR count). The lowest BCUT2D eigenvalue weighted by Crippen LogP contribution is -2.61. The first-order valence-electron chi connectivity index (χ1n) is 7.01. The number of furan rings is 1. The number of hydrogen-bond acceptors (Lipinski definition) is 5. The molecule has 7 heteroatoms. The molecule has 1 aromatic rings. The first-order chi connectivity index (χ1) is 10.2. The number of carbonyl (C=O) groups excluding carboxylic acids is 3. The van der Waals surface area contributed by atoms with E-state index in [9.17, 15) is 14.4 Å². The van der Waals surface area contributed by atoms with Crippen molar-refractivity contribution in [1.82, 2.24) is 9.80 Å². The summed E-state index contributed by atoms with van der Waals surface area (Å²) in [6.07, 6.45) is 0.163. The van der Waals surface area contributed by atoms with Gasteiger partial charge in [0.2, 0.25) is 0 Å². The summed E-state index contributed by atoms with van der Waals surface area (Å²) in [7, 11) is 1.64. The summed E-state index contributed by atoms with van der Waals surface area (Å²) in [4.78, 5) is 37.6. The van der Waals surface area contributed by atoms with Crippen LogP contribution >= 0.6 is 0 Å². The largest absolute Gasteiger partial charge is 0.448 e. The van der Waals surface area contributed by atoms with Crippen molar-refractivity contribution < 1.29 is 23.5 Å². The third kappa shape index (κ3) is 3.47. The first-order valence-corrected chi connectivity index (χ1v) is 7.01. The molecule has 120 valence electrons. The van der Waals surface area contributed by atoms with Crippen molar-refractivity contribution in [3.05, 3.63) is 23.7 Å². The van der Waals surface area contributed by atoms with Gasteiger partial charge in [-0.05, 0) is 32.9 Å². The number of likely N-dealkylation sites (N-methyl/N-ethyl adjacent to an activating group) is 1. The Hall–Kier alpha value is -2.31. The smallest absolute Gasteiger partial charge is 0.410 e. The molecule has 1 fully saturated rings. The minimum Gasteiger partial charge on any atom is -0.448 e. The van der Waals surface area contributed by atoms with Gasteiger partial charge in [-0.3, -0.25) is 9.59 Å². The normalized spacial score (nSPS) is 15.2. The molecule has 2 amide bonds. The van der Waals surface area contributed by atoms with Crippen LogP contribution in [0.3, 0.4) is 0 Å². The molecule has 7 nitrogen and oxygen atoms in total. The van der Waals surface area contributed by atoms with E-state index < -0.39 is 5.60 Å². The zero-order chi connectivity index (χ0) is 16.5. The molecule has 1 aliphatic heterocycles. The number of hydrogen-bond donors (Lipinski definition) is 0. The minimum atomic E-state index is -0.538. The van der Waals surface area contributed by atoms with Gasteiger partial charge in [0.15, 0.2) is 17.8 Å². The van der Waals surface area contributed by atoms with Crippen LogP contribution in [-0.4, -0.2) is 59.9 Å². The molecule has 0 radical (unpaired) electrons. The van der Waals surface area contributed by atoms with Gasteiger partial charge in [-0.15, -0.1) is 0 Å². The number of amides is 2. The number of likely N-dealkylation sites (tertiary alicyclic amines) is 1. The van der Waals surface area contributed by atoms with E-state index in [1.165, 1.54) is 17.0 Å². The van der Waals surface area contributed by atoms with Crippen LogP contribution < -0.4 is 0 Å². The lowest BCUT2D eigenvalue weighted by atomic mass is 10.1. The second kappa shape index (κ2) is 5.82. The third-order valence-electron chi connectivity index (χ3n) is 3.34. The highest BCUT2D eigenvalue weighted by Crippen LogP contribution is 2.20. The van der Waals surface area contributed by atoms with Crippen LogP contribution in [-0.2, 0) is 4.74 Å². The van der Waals surface area contributed by atoms with Crippen LogP contribution in [0.25, 0.3) is 0 Å². The summed E-state index contributed by atoms with van der Waals surface area (Å²) < 4.78 is 10.4. The van der Waals surface area contributed by atoms with Crippen LogP contribution in [0, 0.1) is 0 Å². The average Bonchev–Trinajstić information content (AvgIpc) is 2.82. The van der Waals surface area contributed by atoms with Gasteiger partial charge in [-0.25, -0.2) is 4.79 Å². The summed E-state index contributed by atoms with van der Waals surface area (Å²) in [6.45, 7) is 6.24. The average molecular weight is 308 g/mol. The highest BCUT2D eigenvalue weighted by atomic mass is 16.6. The molecule has 0 aliphatic carbocycles. The summed E-state index contributed by atoms with van der Waals surface area (Å²) in [5, 5.41) is 0. The quantitative estimate of drug-likeness (QED) is 0.795. The number of aldehydes is 1. The molecule has 1 aromatic heterocycles. The zero-order valence-corrected chi connectivity index (χ0v) is 13.2. The van der Waals surface area contributed by atoms with E-state index in [0.29, 0.717) is 19.4 Å². The Bertz CT molecular complexity index is 581. The number of carbonyl (C=O) groups is 3. The van der Waals surface area contributed by atoms with Crippen molar-refractivity contribution in [3.8, 4) is 0 Å². The summed E-state index contributed by atoms with van der Waals surface area (Å²) in [5.41, 5.74) is -0.538. The van der Waals surface area contributed by atoms with E-state index in [0.717, 1.165) is 0 Å². The molecule has 0 spiro atoms.